The van der Waals surface area contributed by atoms with Crippen LogP contribution in [0.5, 0.6) is 0 Å². The summed E-state index contributed by atoms with van der Waals surface area (Å²) in [6.07, 6.45) is 15.2. The fraction of sp³-hybridized carbons (Fsp3) is 0.526. The van der Waals surface area contributed by atoms with Gasteiger partial charge in [0.15, 0.2) is 0 Å². The third kappa shape index (κ3) is 4.55. The maximum absolute atomic E-state index is 12.4. The molecule has 8 aliphatic carbocycles. The van der Waals surface area contributed by atoms with E-state index in [0.717, 1.165) is 35.5 Å². The molecule has 8 fully saturated rings. The van der Waals surface area contributed by atoms with Gasteiger partial charge in [-0.3, -0.25) is 0 Å². The van der Waals surface area contributed by atoms with E-state index >= 15 is 0 Å². The lowest BCUT2D eigenvalue weighted by Crippen LogP contribution is -2.45. The minimum atomic E-state index is -1.08. The van der Waals surface area contributed by atoms with Crippen LogP contribution in [0.15, 0.2) is 36.4 Å². The summed E-state index contributed by atoms with van der Waals surface area (Å²) in [5.41, 5.74) is 2.51. The molecule has 2 N–H and O–H groups in total. The maximum Gasteiger partial charge on any atom is 0.336 e. The van der Waals surface area contributed by atoms with Gasteiger partial charge in [-0.25, -0.2) is 9.59 Å². The standard InChI is InChI=1S/C38H38O4/c39-35(40)33-15-23(5-7-37-17-25-9-26(18-37)11-27(10-25)19-37)1-3-31(33)32-4-2-24(16-34(32)36(41)42)6-8-38-20-28-12-29(21-38)14-30(13-28)22-38/h1-4,15-16,25-30H,9-14,17-22H2,(H,39,40)(H,41,42). The Kier molecular flexibility index (Phi) is 5.92. The maximum atomic E-state index is 12.4. The molecular formula is C38H38O4. The van der Waals surface area contributed by atoms with Crippen molar-refractivity contribution in [3.05, 3.63) is 58.7 Å². The Morgan fingerprint density at radius 2 is 0.857 bits per heavy atom. The highest BCUT2D eigenvalue weighted by Crippen LogP contribution is 2.60. The zero-order valence-corrected chi connectivity index (χ0v) is 24.1. The SMILES string of the molecule is O=C(O)c1cc(C#CC23CC4CC(CC(C4)C2)C3)ccc1-c1ccc(C#CC23CC4CC(CC(C4)C2)C3)cc1C(=O)O. The van der Waals surface area contributed by atoms with E-state index < -0.39 is 11.9 Å². The molecule has 0 spiro atoms. The monoisotopic (exact) mass is 558 g/mol. The summed E-state index contributed by atoms with van der Waals surface area (Å²) < 4.78 is 0. The van der Waals surface area contributed by atoms with Crippen LogP contribution in [0.1, 0.15) is 109 Å². The van der Waals surface area contributed by atoms with E-state index in [1.54, 1.807) is 24.3 Å². The second-order valence-corrected chi connectivity index (χ2v) is 15.0. The number of rotatable bonds is 3. The van der Waals surface area contributed by atoms with Gasteiger partial charge in [0.2, 0.25) is 0 Å². The van der Waals surface area contributed by atoms with E-state index in [2.05, 4.69) is 23.7 Å². The molecule has 0 saturated heterocycles. The second-order valence-electron chi connectivity index (χ2n) is 15.0. The first-order valence-electron chi connectivity index (χ1n) is 16.1. The lowest BCUT2D eigenvalue weighted by atomic mass is 9.50. The Labute approximate surface area is 248 Å². The summed E-state index contributed by atoms with van der Waals surface area (Å²) in [6.45, 7) is 0. The first-order valence-corrected chi connectivity index (χ1v) is 16.1. The lowest BCUT2D eigenvalue weighted by molar-refractivity contribution is -0.0182. The summed E-state index contributed by atoms with van der Waals surface area (Å²) >= 11 is 0. The molecule has 0 heterocycles. The van der Waals surface area contributed by atoms with Gasteiger partial charge < -0.3 is 10.2 Å². The summed E-state index contributed by atoms with van der Waals surface area (Å²) in [5, 5.41) is 20.3. The van der Waals surface area contributed by atoms with Crippen LogP contribution in [0, 0.1) is 70.0 Å². The molecule has 214 valence electrons. The van der Waals surface area contributed by atoms with Crippen LogP contribution < -0.4 is 0 Å². The summed E-state index contributed by atoms with van der Waals surface area (Å²) in [5.74, 6) is 16.6. The molecule has 0 aliphatic heterocycles. The largest absolute Gasteiger partial charge is 0.478 e. The molecule has 8 aliphatic rings. The second kappa shape index (κ2) is 9.50. The summed E-state index contributed by atoms with van der Waals surface area (Å²) in [4.78, 5) is 24.8. The minimum absolute atomic E-state index is 0.0837. The first-order chi connectivity index (χ1) is 20.2. The van der Waals surface area contributed by atoms with Gasteiger partial charge in [0, 0.05) is 22.0 Å². The predicted octanol–water partition coefficient (Wildman–Crippen LogP) is 7.89. The predicted molar refractivity (Wildman–Crippen MR) is 161 cm³/mol. The van der Waals surface area contributed by atoms with Gasteiger partial charge >= 0.3 is 11.9 Å². The highest BCUT2D eigenvalue weighted by Gasteiger charge is 2.51. The van der Waals surface area contributed by atoms with Crippen molar-refractivity contribution in [2.45, 2.75) is 77.0 Å². The highest BCUT2D eigenvalue weighted by molar-refractivity contribution is 6.02. The third-order valence-corrected chi connectivity index (χ3v) is 11.8. The highest BCUT2D eigenvalue weighted by atomic mass is 16.4. The Bertz CT molecular complexity index is 1430. The van der Waals surface area contributed by atoms with Crippen molar-refractivity contribution >= 4 is 11.9 Å². The van der Waals surface area contributed by atoms with Crippen LogP contribution in [0.3, 0.4) is 0 Å². The van der Waals surface area contributed by atoms with Gasteiger partial charge in [-0.2, -0.15) is 0 Å². The molecule has 8 bridgehead atoms. The molecular weight excluding hydrogens is 520 g/mol. The van der Waals surface area contributed by atoms with Crippen LogP contribution in [0.4, 0.5) is 0 Å². The third-order valence-electron chi connectivity index (χ3n) is 11.8. The normalized spacial score (nSPS) is 36.6. The van der Waals surface area contributed by atoms with Gasteiger partial charge in [-0.05, 0) is 148 Å². The molecule has 42 heavy (non-hydrogen) atoms. The fourth-order valence-corrected chi connectivity index (χ4v) is 11.0. The van der Waals surface area contributed by atoms with Crippen molar-refractivity contribution in [2.24, 2.45) is 46.3 Å². The van der Waals surface area contributed by atoms with Crippen molar-refractivity contribution < 1.29 is 19.8 Å². The van der Waals surface area contributed by atoms with E-state index in [4.69, 9.17) is 0 Å². The van der Waals surface area contributed by atoms with Crippen LogP contribution in [0.2, 0.25) is 0 Å². The molecule has 2 aromatic rings. The Morgan fingerprint density at radius 3 is 1.14 bits per heavy atom. The number of carboxylic acids is 2. The average Bonchev–Trinajstić information content (AvgIpc) is 2.93. The first kappa shape index (κ1) is 26.2. The molecule has 0 aromatic heterocycles. The number of hydrogen-bond acceptors (Lipinski definition) is 2. The molecule has 4 nitrogen and oxygen atoms in total. The lowest BCUT2D eigenvalue weighted by Gasteiger charge is -2.54. The van der Waals surface area contributed by atoms with Crippen molar-refractivity contribution in [3.8, 4) is 34.8 Å². The van der Waals surface area contributed by atoms with Crippen molar-refractivity contribution in [1.29, 1.82) is 0 Å². The average molecular weight is 559 g/mol. The molecule has 0 atom stereocenters. The topological polar surface area (TPSA) is 74.6 Å². The van der Waals surface area contributed by atoms with E-state index in [9.17, 15) is 19.8 Å². The van der Waals surface area contributed by atoms with E-state index in [-0.39, 0.29) is 22.0 Å². The van der Waals surface area contributed by atoms with Crippen LogP contribution in [-0.4, -0.2) is 22.2 Å². The van der Waals surface area contributed by atoms with E-state index in [0.29, 0.717) is 22.3 Å². The molecule has 0 radical (unpaired) electrons. The Balaban J connectivity index is 1.10. The van der Waals surface area contributed by atoms with Crippen molar-refractivity contribution in [3.63, 3.8) is 0 Å². The molecule has 2 aromatic carbocycles. The molecule has 0 unspecified atom stereocenters. The molecule has 4 heteroatoms. The van der Waals surface area contributed by atoms with Crippen molar-refractivity contribution in [1.82, 2.24) is 0 Å². The number of hydrogen-bond donors (Lipinski definition) is 2. The van der Waals surface area contributed by atoms with Gasteiger partial charge in [-0.1, -0.05) is 35.8 Å². The fourth-order valence-electron chi connectivity index (χ4n) is 11.0. The van der Waals surface area contributed by atoms with Crippen molar-refractivity contribution in [2.75, 3.05) is 0 Å². The summed E-state index contributed by atoms with van der Waals surface area (Å²) in [6, 6.07) is 10.4. The number of aromatic carboxylic acids is 2. The smallest absolute Gasteiger partial charge is 0.336 e. The molecule has 0 amide bonds. The zero-order valence-electron chi connectivity index (χ0n) is 24.1. The van der Waals surface area contributed by atoms with E-state index in [1.165, 1.54) is 77.0 Å². The van der Waals surface area contributed by atoms with Gasteiger partial charge in [0.25, 0.3) is 0 Å². The van der Waals surface area contributed by atoms with Gasteiger partial charge in [0.05, 0.1) is 11.1 Å². The summed E-state index contributed by atoms with van der Waals surface area (Å²) in [7, 11) is 0. The Hall–Kier alpha value is -3.50. The number of benzene rings is 2. The molecule has 8 saturated carbocycles. The van der Waals surface area contributed by atoms with Crippen LogP contribution in [-0.2, 0) is 0 Å². The van der Waals surface area contributed by atoms with Crippen LogP contribution >= 0.6 is 0 Å². The van der Waals surface area contributed by atoms with Gasteiger partial charge in [0.1, 0.15) is 0 Å². The van der Waals surface area contributed by atoms with Gasteiger partial charge in [-0.15, -0.1) is 0 Å². The quantitative estimate of drug-likeness (QED) is 0.376. The number of carbonyl (C=O) groups is 2. The van der Waals surface area contributed by atoms with E-state index in [1.807, 2.05) is 12.1 Å². The molecule has 10 rings (SSSR count). The Morgan fingerprint density at radius 1 is 0.548 bits per heavy atom. The number of carboxylic acid groups (broad SMARTS) is 2. The zero-order chi connectivity index (χ0) is 28.6. The minimum Gasteiger partial charge on any atom is -0.478 e. The van der Waals surface area contributed by atoms with Crippen LogP contribution in [0.25, 0.3) is 11.1 Å².